The van der Waals surface area contributed by atoms with E-state index in [0.717, 1.165) is 17.1 Å². The molecule has 0 fully saturated rings. The average Bonchev–Trinajstić information content (AvgIpc) is 2.56. The number of hydrogen-bond donors (Lipinski definition) is 1. The van der Waals surface area contributed by atoms with Crippen LogP contribution in [0, 0.1) is 25.2 Å². The largest absolute Gasteiger partial charge is 0.389 e. The Morgan fingerprint density at radius 1 is 1.21 bits per heavy atom. The molecular formula is C20H20N2S2. The number of aryl methyl sites for hydroxylation is 1. The highest BCUT2D eigenvalue weighted by Gasteiger charge is 2.07. The van der Waals surface area contributed by atoms with Gasteiger partial charge in [-0.1, -0.05) is 60.2 Å². The van der Waals surface area contributed by atoms with Gasteiger partial charge in [-0.25, -0.2) is 0 Å². The molecule has 4 heteroatoms. The summed E-state index contributed by atoms with van der Waals surface area (Å²) < 4.78 is 0. The Bertz CT molecular complexity index is 802. The summed E-state index contributed by atoms with van der Waals surface area (Å²) in [6.07, 6.45) is 1.79. The SMILES string of the molecule is Cc1cc(C=C(C#N)C(N)=S)c(C)c(CSCc2ccccc2)c1. The second kappa shape index (κ2) is 8.68. The van der Waals surface area contributed by atoms with Gasteiger partial charge in [-0.05, 0) is 42.2 Å². The third-order valence-corrected chi connectivity index (χ3v) is 5.03. The molecule has 0 radical (unpaired) electrons. The van der Waals surface area contributed by atoms with E-state index in [0.29, 0.717) is 5.57 Å². The summed E-state index contributed by atoms with van der Waals surface area (Å²) in [4.78, 5) is 0.137. The Labute approximate surface area is 153 Å². The van der Waals surface area contributed by atoms with E-state index in [1.165, 1.54) is 22.3 Å². The normalized spacial score (nSPS) is 11.1. The van der Waals surface area contributed by atoms with Crippen molar-refractivity contribution >= 4 is 35.0 Å². The summed E-state index contributed by atoms with van der Waals surface area (Å²) in [5.41, 5.74) is 11.9. The van der Waals surface area contributed by atoms with E-state index in [1.807, 2.05) is 17.8 Å². The zero-order valence-corrected chi connectivity index (χ0v) is 15.5. The summed E-state index contributed by atoms with van der Waals surface area (Å²) >= 11 is 6.82. The number of rotatable bonds is 6. The van der Waals surface area contributed by atoms with Crippen LogP contribution in [-0.2, 0) is 11.5 Å². The molecular weight excluding hydrogens is 332 g/mol. The fourth-order valence-corrected chi connectivity index (χ4v) is 3.59. The Hall–Kier alpha value is -2.09. The summed E-state index contributed by atoms with van der Waals surface area (Å²) in [5.74, 6) is 1.91. The number of hydrogen-bond acceptors (Lipinski definition) is 3. The maximum Gasteiger partial charge on any atom is 0.114 e. The molecule has 0 saturated heterocycles. The van der Waals surface area contributed by atoms with E-state index in [4.69, 9.17) is 23.2 Å². The first-order chi connectivity index (χ1) is 11.5. The highest BCUT2D eigenvalue weighted by Crippen LogP contribution is 2.25. The van der Waals surface area contributed by atoms with E-state index < -0.39 is 0 Å². The van der Waals surface area contributed by atoms with Crippen LogP contribution in [0.5, 0.6) is 0 Å². The van der Waals surface area contributed by atoms with Crippen LogP contribution in [0.1, 0.15) is 27.8 Å². The molecule has 2 nitrogen and oxygen atoms in total. The topological polar surface area (TPSA) is 49.8 Å². The first-order valence-electron chi connectivity index (χ1n) is 7.64. The second-order valence-electron chi connectivity index (χ2n) is 5.65. The maximum absolute atomic E-state index is 9.16. The minimum absolute atomic E-state index is 0.137. The molecule has 0 heterocycles. The zero-order valence-electron chi connectivity index (χ0n) is 13.9. The standard InChI is InChI=1S/C20H20N2S2/c1-14-8-17(10-18(11-21)20(22)23)15(2)19(9-14)13-24-12-16-6-4-3-5-7-16/h3-10H,12-13H2,1-2H3,(H2,22,23). The van der Waals surface area contributed by atoms with Gasteiger partial charge in [-0.2, -0.15) is 17.0 Å². The molecule has 0 bridgehead atoms. The second-order valence-corrected chi connectivity index (χ2v) is 7.08. The van der Waals surface area contributed by atoms with Crippen molar-refractivity contribution < 1.29 is 0 Å². The molecule has 2 aromatic carbocycles. The highest BCUT2D eigenvalue weighted by molar-refractivity contribution is 7.97. The lowest BCUT2D eigenvalue weighted by atomic mass is 9.98. The van der Waals surface area contributed by atoms with Crippen molar-refractivity contribution in [1.29, 1.82) is 5.26 Å². The molecule has 0 aromatic heterocycles. The van der Waals surface area contributed by atoms with Crippen LogP contribution >= 0.6 is 24.0 Å². The third kappa shape index (κ3) is 4.95. The molecule has 24 heavy (non-hydrogen) atoms. The van der Waals surface area contributed by atoms with Crippen LogP contribution < -0.4 is 5.73 Å². The van der Waals surface area contributed by atoms with Gasteiger partial charge in [0.1, 0.15) is 11.1 Å². The van der Waals surface area contributed by atoms with Crippen LogP contribution in [0.4, 0.5) is 0 Å². The fourth-order valence-electron chi connectivity index (χ4n) is 2.43. The van der Waals surface area contributed by atoms with Crippen LogP contribution in [0.15, 0.2) is 48.0 Å². The molecule has 2 aromatic rings. The minimum atomic E-state index is 0.137. The molecule has 122 valence electrons. The first kappa shape index (κ1) is 18.3. The maximum atomic E-state index is 9.16. The van der Waals surface area contributed by atoms with Crippen molar-refractivity contribution in [2.45, 2.75) is 25.4 Å². The van der Waals surface area contributed by atoms with E-state index in [-0.39, 0.29) is 4.99 Å². The molecule has 0 atom stereocenters. The predicted octanol–water partition coefficient (Wildman–Crippen LogP) is 4.93. The fraction of sp³-hybridized carbons (Fsp3) is 0.200. The quantitative estimate of drug-likeness (QED) is 0.455. The van der Waals surface area contributed by atoms with Gasteiger partial charge in [0.25, 0.3) is 0 Å². The average molecular weight is 353 g/mol. The number of thiocarbonyl (C=S) groups is 1. The molecule has 0 aliphatic rings. The number of benzene rings is 2. The number of nitrogens with two attached hydrogens (primary N) is 1. The lowest BCUT2D eigenvalue weighted by molar-refractivity contribution is 1.25. The zero-order chi connectivity index (χ0) is 17.5. The summed E-state index contributed by atoms with van der Waals surface area (Å²) in [5, 5.41) is 9.16. The smallest absolute Gasteiger partial charge is 0.114 e. The van der Waals surface area contributed by atoms with E-state index in [1.54, 1.807) is 6.08 Å². The van der Waals surface area contributed by atoms with Gasteiger partial charge in [0.05, 0.1) is 5.57 Å². The van der Waals surface area contributed by atoms with Gasteiger partial charge in [0, 0.05) is 11.5 Å². The van der Waals surface area contributed by atoms with Crippen LogP contribution in [0.3, 0.4) is 0 Å². The molecule has 2 N–H and O–H groups in total. The Morgan fingerprint density at radius 2 is 1.92 bits per heavy atom. The predicted molar refractivity (Wildman–Crippen MR) is 108 cm³/mol. The van der Waals surface area contributed by atoms with Gasteiger partial charge >= 0.3 is 0 Å². The van der Waals surface area contributed by atoms with Crippen molar-refractivity contribution in [3.63, 3.8) is 0 Å². The Morgan fingerprint density at radius 3 is 2.54 bits per heavy atom. The van der Waals surface area contributed by atoms with E-state index in [9.17, 15) is 0 Å². The molecule has 0 unspecified atom stereocenters. The minimum Gasteiger partial charge on any atom is -0.389 e. The number of thioether (sulfide) groups is 1. The molecule has 0 aliphatic heterocycles. The lowest BCUT2D eigenvalue weighted by Crippen LogP contribution is -2.10. The molecule has 0 aliphatic carbocycles. The third-order valence-electron chi connectivity index (χ3n) is 3.75. The molecule has 0 saturated carbocycles. The van der Waals surface area contributed by atoms with Crippen molar-refractivity contribution in [3.8, 4) is 6.07 Å². The number of nitrogens with zero attached hydrogens (tertiary/aromatic N) is 1. The van der Waals surface area contributed by atoms with Gasteiger partial charge in [0.2, 0.25) is 0 Å². The van der Waals surface area contributed by atoms with Crippen molar-refractivity contribution in [3.05, 3.63) is 75.9 Å². The van der Waals surface area contributed by atoms with Gasteiger partial charge in [-0.15, -0.1) is 0 Å². The van der Waals surface area contributed by atoms with Crippen LogP contribution in [-0.4, -0.2) is 4.99 Å². The molecule has 2 rings (SSSR count). The summed E-state index contributed by atoms with van der Waals surface area (Å²) in [6, 6.07) is 16.8. The van der Waals surface area contributed by atoms with E-state index in [2.05, 4.69) is 56.3 Å². The summed E-state index contributed by atoms with van der Waals surface area (Å²) in [6.45, 7) is 4.15. The monoisotopic (exact) mass is 352 g/mol. The number of nitriles is 1. The van der Waals surface area contributed by atoms with Crippen molar-refractivity contribution in [1.82, 2.24) is 0 Å². The lowest BCUT2D eigenvalue weighted by Gasteiger charge is -2.11. The van der Waals surface area contributed by atoms with Crippen molar-refractivity contribution in [2.75, 3.05) is 0 Å². The van der Waals surface area contributed by atoms with Crippen LogP contribution in [0.2, 0.25) is 0 Å². The Balaban J connectivity index is 2.19. The van der Waals surface area contributed by atoms with Gasteiger partial charge < -0.3 is 5.73 Å². The van der Waals surface area contributed by atoms with E-state index >= 15 is 0 Å². The molecule has 0 amide bonds. The van der Waals surface area contributed by atoms with Crippen molar-refractivity contribution in [2.24, 2.45) is 5.73 Å². The highest BCUT2D eigenvalue weighted by atomic mass is 32.2. The van der Waals surface area contributed by atoms with Gasteiger partial charge in [0.15, 0.2) is 0 Å². The molecule has 0 spiro atoms. The van der Waals surface area contributed by atoms with Gasteiger partial charge in [-0.3, -0.25) is 0 Å². The summed E-state index contributed by atoms with van der Waals surface area (Å²) in [7, 11) is 0. The first-order valence-corrected chi connectivity index (χ1v) is 9.21. The van der Waals surface area contributed by atoms with Crippen LogP contribution in [0.25, 0.3) is 6.08 Å². The Kier molecular flexibility index (Phi) is 6.60.